The van der Waals surface area contributed by atoms with E-state index in [1.807, 2.05) is 60.7 Å². The Hall–Kier alpha value is -3.09. The minimum atomic E-state index is -0.0949. The van der Waals surface area contributed by atoms with E-state index in [9.17, 15) is 4.79 Å². The molecule has 0 radical (unpaired) electrons. The highest BCUT2D eigenvalue weighted by atomic mass is 32.2. The summed E-state index contributed by atoms with van der Waals surface area (Å²) in [5.74, 6) is 0.576. The van der Waals surface area contributed by atoms with Crippen molar-refractivity contribution in [2.24, 2.45) is 4.99 Å². The fourth-order valence-corrected chi connectivity index (χ4v) is 5.81. The van der Waals surface area contributed by atoms with Crippen molar-refractivity contribution in [3.63, 3.8) is 0 Å². The average Bonchev–Trinajstić information content (AvgIpc) is 3.43. The number of carbonyl (C=O) groups is 1. The highest BCUT2D eigenvalue weighted by molar-refractivity contribution is 7.99. The molecule has 4 aromatic rings. The maximum atomic E-state index is 13.2. The van der Waals surface area contributed by atoms with Gasteiger partial charge in [0, 0.05) is 15.5 Å². The molecule has 32 heavy (non-hydrogen) atoms. The molecule has 1 amide bonds. The van der Waals surface area contributed by atoms with Crippen LogP contribution in [0.1, 0.15) is 39.4 Å². The van der Waals surface area contributed by atoms with Gasteiger partial charge in [0.15, 0.2) is 5.09 Å². The zero-order valence-corrected chi connectivity index (χ0v) is 19.0. The van der Waals surface area contributed by atoms with Gasteiger partial charge in [0.1, 0.15) is 10.8 Å². The summed E-state index contributed by atoms with van der Waals surface area (Å²) in [5, 5.41) is 4.59. The normalized spacial score (nSPS) is 13.2. The summed E-state index contributed by atoms with van der Waals surface area (Å²) in [7, 11) is 0. The number of anilines is 1. The third kappa shape index (κ3) is 4.71. The topological polar surface area (TPSA) is 54.6 Å². The van der Waals surface area contributed by atoms with Crippen LogP contribution in [0, 0.1) is 0 Å². The van der Waals surface area contributed by atoms with Crippen molar-refractivity contribution in [1.82, 2.24) is 0 Å². The second-order valence-corrected chi connectivity index (χ2v) is 9.70. The van der Waals surface area contributed by atoms with Crippen LogP contribution in [0.5, 0.6) is 0 Å². The van der Waals surface area contributed by atoms with Gasteiger partial charge in [-0.1, -0.05) is 48.2 Å². The molecule has 4 nitrogen and oxygen atoms in total. The number of aryl methyl sites for hydroxylation is 1. The molecule has 1 aliphatic rings. The monoisotopic (exact) mass is 458 g/mol. The van der Waals surface area contributed by atoms with E-state index in [1.165, 1.54) is 4.88 Å². The summed E-state index contributed by atoms with van der Waals surface area (Å²) in [6.45, 7) is 0. The molecular formula is C26H22N2O2S2. The van der Waals surface area contributed by atoms with Gasteiger partial charge < -0.3 is 9.73 Å². The SMILES string of the molecule is O=C(Nc1ccccc1)c1c(N=Cc2ccc(Sc3ccccc3)o2)sc2c1CCCC2. The highest BCUT2D eigenvalue weighted by Crippen LogP contribution is 2.40. The average molecular weight is 459 g/mol. The van der Waals surface area contributed by atoms with Crippen LogP contribution in [0.4, 0.5) is 10.7 Å². The van der Waals surface area contributed by atoms with Crippen molar-refractivity contribution in [3.05, 3.63) is 94.6 Å². The molecule has 2 heterocycles. The number of nitrogens with zero attached hydrogens (tertiary/aromatic N) is 1. The maximum absolute atomic E-state index is 13.2. The van der Waals surface area contributed by atoms with Gasteiger partial charge >= 0.3 is 0 Å². The first-order valence-electron chi connectivity index (χ1n) is 10.6. The molecule has 2 aromatic heterocycles. The Kier molecular flexibility index (Phi) is 6.23. The van der Waals surface area contributed by atoms with Gasteiger partial charge in [0.25, 0.3) is 5.91 Å². The molecule has 0 atom stereocenters. The number of nitrogens with one attached hydrogen (secondary N) is 1. The molecule has 0 unspecified atom stereocenters. The number of hydrogen-bond acceptors (Lipinski definition) is 5. The van der Waals surface area contributed by atoms with Gasteiger partial charge in [-0.2, -0.15) is 0 Å². The molecule has 5 rings (SSSR count). The molecule has 2 aromatic carbocycles. The lowest BCUT2D eigenvalue weighted by molar-refractivity contribution is 0.102. The van der Waals surface area contributed by atoms with Gasteiger partial charge in [0.05, 0.1) is 11.8 Å². The molecule has 0 saturated heterocycles. The Labute approximate surface area is 195 Å². The number of aliphatic imine (C=N–C) groups is 1. The summed E-state index contributed by atoms with van der Waals surface area (Å²) < 4.78 is 5.93. The van der Waals surface area contributed by atoms with Crippen LogP contribution < -0.4 is 5.32 Å². The number of hydrogen-bond donors (Lipinski definition) is 1. The van der Waals surface area contributed by atoms with Gasteiger partial charge in [-0.05, 0) is 67.6 Å². The van der Waals surface area contributed by atoms with Gasteiger partial charge in [-0.15, -0.1) is 11.3 Å². The Balaban J connectivity index is 1.39. The summed E-state index contributed by atoms with van der Waals surface area (Å²) >= 11 is 3.20. The van der Waals surface area contributed by atoms with E-state index >= 15 is 0 Å². The highest BCUT2D eigenvalue weighted by Gasteiger charge is 2.25. The number of thiophene rings is 1. The summed E-state index contributed by atoms with van der Waals surface area (Å²) in [6.07, 6.45) is 5.92. The maximum Gasteiger partial charge on any atom is 0.259 e. The predicted molar refractivity (Wildman–Crippen MR) is 132 cm³/mol. The standard InChI is InChI=1S/C26H22N2O2S2/c29-25(28-18-9-3-1-4-10-18)24-21-13-7-8-14-22(21)32-26(24)27-17-19-15-16-23(30-19)31-20-11-5-2-6-12-20/h1-6,9-12,15-17H,7-8,13-14H2,(H,28,29). The van der Waals surface area contributed by atoms with Crippen LogP contribution in [0.25, 0.3) is 0 Å². The van der Waals surface area contributed by atoms with Crippen molar-refractivity contribution in [2.75, 3.05) is 5.32 Å². The van der Waals surface area contributed by atoms with Crippen LogP contribution in [-0.2, 0) is 12.8 Å². The lowest BCUT2D eigenvalue weighted by Gasteiger charge is -2.12. The summed E-state index contributed by atoms with van der Waals surface area (Å²) in [6, 6.07) is 23.5. The second kappa shape index (κ2) is 9.59. The molecular weight excluding hydrogens is 436 g/mol. The van der Waals surface area contributed by atoms with Crippen LogP contribution in [0.2, 0.25) is 0 Å². The van der Waals surface area contributed by atoms with Crippen molar-refractivity contribution in [2.45, 2.75) is 35.7 Å². The molecule has 0 fully saturated rings. The zero-order valence-electron chi connectivity index (χ0n) is 17.4. The third-order valence-corrected chi connectivity index (χ3v) is 7.41. The van der Waals surface area contributed by atoms with Crippen molar-refractivity contribution in [1.29, 1.82) is 0 Å². The van der Waals surface area contributed by atoms with Crippen LogP contribution in [0.3, 0.4) is 0 Å². The van der Waals surface area contributed by atoms with Crippen molar-refractivity contribution in [3.8, 4) is 0 Å². The molecule has 6 heteroatoms. The fourth-order valence-electron chi connectivity index (χ4n) is 3.78. The third-order valence-electron chi connectivity index (χ3n) is 5.28. The molecule has 1 aliphatic carbocycles. The van der Waals surface area contributed by atoms with Crippen LogP contribution in [0.15, 0.2) is 92.2 Å². The molecule has 160 valence electrons. The number of carbonyl (C=O) groups excluding carboxylic acids is 1. The number of benzene rings is 2. The first-order chi connectivity index (χ1) is 15.8. The number of para-hydroxylation sites is 1. The number of fused-ring (bicyclic) bond motifs is 1. The van der Waals surface area contributed by atoms with E-state index in [0.29, 0.717) is 11.3 Å². The van der Waals surface area contributed by atoms with Crippen molar-refractivity contribution < 1.29 is 9.21 Å². The number of amides is 1. The predicted octanol–water partition coefficient (Wildman–Crippen LogP) is 7.37. The molecule has 1 N–H and O–H groups in total. The smallest absolute Gasteiger partial charge is 0.259 e. The number of furan rings is 1. The first-order valence-corrected chi connectivity index (χ1v) is 12.3. The lowest BCUT2D eigenvalue weighted by atomic mass is 9.95. The van der Waals surface area contributed by atoms with Gasteiger partial charge in [-0.3, -0.25) is 4.79 Å². The van der Waals surface area contributed by atoms with E-state index in [4.69, 9.17) is 9.41 Å². The first kappa shape index (κ1) is 20.8. The van der Waals surface area contributed by atoms with Crippen molar-refractivity contribution >= 4 is 45.9 Å². The van der Waals surface area contributed by atoms with Crippen LogP contribution >= 0.6 is 23.1 Å². The van der Waals surface area contributed by atoms with E-state index < -0.39 is 0 Å². The van der Waals surface area contributed by atoms with Crippen LogP contribution in [-0.4, -0.2) is 12.1 Å². The fraction of sp³-hybridized carbons (Fsp3) is 0.154. The Morgan fingerprint density at radius 3 is 2.53 bits per heavy atom. The van der Waals surface area contributed by atoms with E-state index in [-0.39, 0.29) is 5.91 Å². The number of rotatable bonds is 6. The lowest BCUT2D eigenvalue weighted by Crippen LogP contribution is -2.14. The Bertz CT molecular complexity index is 1240. The molecule has 0 bridgehead atoms. The minimum Gasteiger partial charge on any atom is -0.449 e. The Morgan fingerprint density at radius 1 is 0.969 bits per heavy atom. The summed E-state index contributed by atoms with van der Waals surface area (Å²) in [4.78, 5) is 20.3. The molecule has 0 aliphatic heterocycles. The summed E-state index contributed by atoms with van der Waals surface area (Å²) in [5.41, 5.74) is 2.65. The quantitative estimate of drug-likeness (QED) is 0.307. The van der Waals surface area contributed by atoms with E-state index in [1.54, 1.807) is 29.3 Å². The Morgan fingerprint density at radius 2 is 1.72 bits per heavy atom. The second-order valence-electron chi connectivity index (χ2n) is 7.54. The molecule has 0 spiro atoms. The minimum absolute atomic E-state index is 0.0949. The largest absolute Gasteiger partial charge is 0.449 e. The van der Waals surface area contributed by atoms with E-state index in [2.05, 4.69) is 17.4 Å². The van der Waals surface area contributed by atoms with Gasteiger partial charge in [-0.25, -0.2) is 4.99 Å². The van der Waals surface area contributed by atoms with E-state index in [0.717, 1.165) is 51.9 Å². The zero-order chi connectivity index (χ0) is 21.8. The van der Waals surface area contributed by atoms with Gasteiger partial charge in [0.2, 0.25) is 0 Å². The molecule has 0 saturated carbocycles.